The van der Waals surface area contributed by atoms with Crippen molar-refractivity contribution >= 4 is 28.4 Å². The van der Waals surface area contributed by atoms with Gasteiger partial charge >= 0.3 is 11.9 Å². The molecule has 2 aromatic carbocycles. The molecule has 158 valence electrons. The molecule has 3 aromatic rings. The van der Waals surface area contributed by atoms with E-state index in [4.69, 9.17) is 4.42 Å². The molecular weight excluding hydrogens is 401 g/mol. The van der Waals surface area contributed by atoms with Crippen LogP contribution in [-0.4, -0.2) is 48.5 Å². The van der Waals surface area contributed by atoms with Crippen LogP contribution in [0.3, 0.4) is 0 Å². The number of rotatable bonds is 4. The number of halogens is 3. The summed E-state index contributed by atoms with van der Waals surface area (Å²) in [5, 5.41) is 2.78. The predicted octanol–water partition coefficient (Wildman–Crippen LogP) is 2.90. The van der Waals surface area contributed by atoms with Crippen LogP contribution in [0.5, 0.6) is 0 Å². The second kappa shape index (κ2) is 7.86. The molecule has 0 spiro atoms. The third kappa shape index (κ3) is 4.48. The highest BCUT2D eigenvalue weighted by molar-refractivity contribution is 5.94. The minimum absolute atomic E-state index is 0.190. The van der Waals surface area contributed by atoms with Crippen LogP contribution in [0.15, 0.2) is 51.7 Å². The molecule has 2 heterocycles. The number of oxazole rings is 1. The van der Waals surface area contributed by atoms with Gasteiger partial charge in [-0.05, 0) is 36.4 Å². The normalized spacial score (nSPS) is 15.5. The lowest BCUT2D eigenvalue weighted by Crippen LogP contribution is -2.48. The van der Waals surface area contributed by atoms with Gasteiger partial charge in [-0.3, -0.25) is 14.7 Å². The maximum atomic E-state index is 12.7. The van der Waals surface area contributed by atoms with Crippen LogP contribution >= 0.6 is 0 Å². The number of hydrogen-bond donors (Lipinski definition) is 2. The van der Waals surface area contributed by atoms with Gasteiger partial charge in [0.15, 0.2) is 5.58 Å². The summed E-state index contributed by atoms with van der Waals surface area (Å²) in [6, 6.07) is 10.0. The summed E-state index contributed by atoms with van der Waals surface area (Å²) in [7, 11) is 0. The van der Waals surface area contributed by atoms with Gasteiger partial charge in [0.2, 0.25) is 5.91 Å². The Balaban J connectivity index is 1.29. The van der Waals surface area contributed by atoms with Crippen LogP contribution in [0, 0.1) is 0 Å². The number of benzene rings is 2. The Morgan fingerprint density at radius 2 is 1.77 bits per heavy atom. The molecule has 7 nitrogen and oxygen atoms in total. The van der Waals surface area contributed by atoms with Crippen molar-refractivity contribution in [1.29, 1.82) is 0 Å². The second-order valence-corrected chi connectivity index (χ2v) is 7.08. The van der Waals surface area contributed by atoms with Crippen molar-refractivity contribution in [3.63, 3.8) is 0 Å². The summed E-state index contributed by atoms with van der Waals surface area (Å²) >= 11 is 0. The van der Waals surface area contributed by atoms with Gasteiger partial charge in [-0.1, -0.05) is 0 Å². The zero-order chi connectivity index (χ0) is 21.3. The van der Waals surface area contributed by atoms with Crippen LogP contribution < -0.4 is 16.0 Å². The molecule has 0 radical (unpaired) electrons. The van der Waals surface area contributed by atoms with Crippen molar-refractivity contribution in [2.45, 2.75) is 6.18 Å². The van der Waals surface area contributed by atoms with E-state index < -0.39 is 17.5 Å². The maximum Gasteiger partial charge on any atom is 0.417 e. The van der Waals surface area contributed by atoms with Crippen LogP contribution in [0.2, 0.25) is 0 Å². The van der Waals surface area contributed by atoms with E-state index in [1.807, 2.05) is 9.80 Å². The summed E-state index contributed by atoms with van der Waals surface area (Å²) in [5.74, 6) is -0.755. The van der Waals surface area contributed by atoms with Crippen molar-refractivity contribution in [1.82, 2.24) is 9.88 Å². The van der Waals surface area contributed by atoms with Gasteiger partial charge in [0, 0.05) is 43.6 Å². The molecular formula is C20H19F3N4O3. The first kappa shape index (κ1) is 20.0. The first-order chi connectivity index (χ1) is 14.3. The second-order valence-electron chi connectivity index (χ2n) is 7.08. The Hall–Kier alpha value is -3.27. The third-order valence-corrected chi connectivity index (χ3v) is 5.00. The minimum Gasteiger partial charge on any atom is -0.408 e. The Bertz CT molecular complexity index is 1100. The monoisotopic (exact) mass is 420 g/mol. The highest BCUT2D eigenvalue weighted by Gasteiger charge is 2.30. The zero-order valence-electron chi connectivity index (χ0n) is 15.8. The Morgan fingerprint density at radius 3 is 2.43 bits per heavy atom. The molecule has 4 rings (SSSR count). The lowest BCUT2D eigenvalue weighted by atomic mass is 10.1. The summed E-state index contributed by atoms with van der Waals surface area (Å²) in [4.78, 5) is 30.0. The number of carbonyl (C=O) groups is 1. The van der Waals surface area contributed by atoms with Crippen LogP contribution in [0.25, 0.3) is 11.1 Å². The van der Waals surface area contributed by atoms with Crippen molar-refractivity contribution in [3.05, 3.63) is 58.6 Å². The molecule has 1 aliphatic rings. The topological polar surface area (TPSA) is 81.6 Å². The molecule has 30 heavy (non-hydrogen) atoms. The summed E-state index contributed by atoms with van der Waals surface area (Å²) in [6.45, 7) is 2.63. The molecule has 0 bridgehead atoms. The minimum atomic E-state index is -4.35. The van der Waals surface area contributed by atoms with Gasteiger partial charge < -0.3 is 14.6 Å². The fourth-order valence-corrected chi connectivity index (χ4v) is 3.45. The van der Waals surface area contributed by atoms with Crippen LogP contribution in [0.4, 0.5) is 24.5 Å². The average Bonchev–Trinajstić information content (AvgIpc) is 3.07. The lowest BCUT2D eigenvalue weighted by molar-refractivity contribution is -0.137. The number of anilines is 2. The van der Waals surface area contributed by atoms with Gasteiger partial charge in [-0.15, -0.1) is 0 Å². The number of alkyl halides is 3. The van der Waals surface area contributed by atoms with E-state index in [-0.39, 0.29) is 12.5 Å². The molecule has 1 fully saturated rings. The van der Waals surface area contributed by atoms with Crippen LogP contribution in [-0.2, 0) is 11.0 Å². The Kier molecular flexibility index (Phi) is 5.25. The largest absolute Gasteiger partial charge is 0.417 e. The van der Waals surface area contributed by atoms with Crippen molar-refractivity contribution in [3.8, 4) is 0 Å². The SMILES string of the molecule is O=C(CN1CCN(c2ccc(C(F)(F)F)cc2)CC1)Nc1ccc2[nH]c(=O)oc2c1. The molecule has 1 aromatic heterocycles. The lowest BCUT2D eigenvalue weighted by Gasteiger charge is -2.35. The number of piperazine rings is 1. The van der Waals surface area contributed by atoms with Crippen molar-refractivity contribution < 1.29 is 22.4 Å². The Labute approximate surface area is 169 Å². The molecule has 1 aliphatic heterocycles. The molecule has 10 heteroatoms. The van der Waals surface area contributed by atoms with E-state index in [2.05, 4.69) is 10.3 Å². The van der Waals surface area contributed by atoms with Gasteiger partial charge in [0.05, 0.1) is 17.6 Å². The number of hydrogen-bond acceptors (Lipinski definition) is 5. The van der Waals surface area contributed by atoms with Gasteiger partial charge in [0.1, 0.15) is 0 Å². The first-order valence-corrected chi connectivity index (χ1v) is 9.35. The van der Waals surface area contributed by atoms with Gasteiger partial charge in [0.25, 0.3) is 0 Å². The average molecular weight is 420 g/mol. The smallest absolute Gasteiger partial charge is 0.408 e. The zero-order valence-corrected chi connectivity index (χ0v) is 15.8. The number of nitrogens with zero attached hydrogens (tertiary/aromatic N) is 2. The number of H-pyrrole nitrogens is 1. The number of carbonyl (C=O) groups excluding carboxylic acids is 1. The van der Waals surface area contributed by atoms with E-state index in [0.717, 1.165) is 17.8 Å². The molecule has 1 saturated heterocycles. The number of aromatic amines is 1. The summed E-state index contributed by atoms with van der Waals surface area (Å²) in [6.07, 6.45) is -4.35. The van der Waals surface area contributed by atoms with E-state index in [1.54, 1.807) is 18.2 Å². The third-order valence-electron chi connectivity index (χ3n) is 5.00. The highest BCUT2D eigenvalue weighted by Crippen LogP contribution is 2.30. The van der Waals surface area contributed by atoms with E-state index in [1.165, 1.54) is 12.1 Å². The van der Waals surface area contributed by atoms with E-state index >= 15 is 0 Å². The standard InChI is InChI=1S/C20H19F3N4O3/c21-20(22,23)13-1-4-15(5-2-13)27-9-7-26(8-10-27)12-18(28)24-14-3-6-16-17(11-14)30-19(29)25-16/h1-6,11H,7-10,12H2,(H,24,28)(H,25,29). The molecule has 0 atom stereocenters. The first-order valence-electron chi connectivity index (χ1n) is 9.35. The van der Waals surface area contributed by atoms with Gasteiger partial charge in [-0.2, -0.15) is 13.2 Å². The highest BCUT2D eigenvalue weighted by atomic mass is 19.4. The van der Waals surface area contributed by atoms with E-state index in [0.29, 0.717) is 43.0 Å². The van der Waals surface area contributed by atoms with Crippen molar-refractivity contribution in [2.75, 3.05) is 42.9 Å². The van der Waals surface area contributed by atoms with Crippen molar-refractivity contribution in [2.24, 2.45) is 0 Å². The molecule has 1 amide bonds. The molecule has 0 aliphatic carbocycles. The molecule has 2 N–H and O–H groups in total. The van der Waals surface area contributed by atoms with Gasteiger partial charge in [-0.25, -0.2) is 4.79 Å². The number of amides is 1. The fourth-order valence-electron chi connectivity index (χ4n) is 3.45. The number of nitrogens with one attached hydrogen (secondary N) is 2. The Morgan fingerprint density at radius 1 is 1.07 bits per heavy atom. The number of fused-ring (bicyclic) bond motifs is 1. The molecule has 0 saturated carbocycles. The summed E-state index contributed by atoms with van der Waals surface area (Å²) < 4.78 is 43.0. The summed E-state index contributed by atoms with van der Waals surface area (Å²) in [5.41, 5.74) is 1.51. The van der Waals surface area contributed by atoms with E-state index in [9.17, 15) is 22.8 Å². The molecule has 0 unspecified atom stereocenters. The quantitative estimate of drug-likeness (QED) is 0.679. The number of aromatic nitrogens is 1. The fraction of sp³-hybridized carbons (Fsp3) is 0.300. The maximum absolute atomic E-state index is 12.7. The predicted molar refractivity (Wildman–Crippen MR) is 106 cm³/mol. The van der Waals surface area contributed by atoms with Crippen LogP contribution in [0.1, 0.15) is 5.56 Å².